The number of fused-ring (bicyclic) bond motifs is 1. The van der Waals surface area contributed by atoms with Crippen molar-refractivity contribution in [3.05, 3.63) is 50.9 Å². The molecule has 144 valence electrons. The highest BCUT2D eigenvalue weighted by atomic mass is 35.5. The van der Waals surface area contributed by atoms with Crippen LogP contribution in [0.2, 0.25) is 5.02 Å². The first-order valence-corrected chi connectivity index (χ1v) is 10.4. The average Bonchev–Trinajstić information content (AvgIpc) is 2.65. The lowest BCUT2D eigenvalue weighted by atomic mass is 9.83. The Morgan fingerprint density at radius 3 is 2.74 bits per heavy atom. The minimum Gasteiger partial charge on any atom is -0.465 e. The molecule has 1 atom stereocenters. The fourth-order valence-corrected chi connectivity index (χ4v) is 3.95. The zero-order valence-corrected chi connectivity index (χ0v) is 17.1. The second-order valence-corrected chi connectivity index (χ2v) is 7.79. The van der Waals surface area contributed by atoms with Crippen molar-refractivity contribution in [3.63, 3.8) is 0 Å². The summed E-state index contributed by atoms with van der Waals surface area (Å²) in [6.07, 6.45) is 3.30. The number of carbonyl (C=O) groups excluding carboxylic acids is 1. The van der Waals surface area contributed by atoms with Crippen LogP contribution in [0, 0.1) is 0 Å². The Balaban J connectivity index is 2.01. The van der Waals surface area contributed by atoms with Crippen LogP contribution in [-0.4, -0.2) is 28.4 Å². The van der Waals surface area contributed by atoms with Crippen molar-refractivity contribution in [3.8, 4) is 0 Å². The Kier molecular flexibility index (Phi) is 5.81. The van der Waals surface area contributed by atoms with Gasteiger partial charge in [0.1, 0.15) is 12.2 Å². The number of carbonyl (C=O) groups is 1. The molecule has 6 nitrogen and oxygen atoms in total. The lowest BCUT2D eigenvalue weighted by Gasteiger charge is -2.37. The van der Waals surface area contributed by atoms with Gasteiger partial charge in [0, 0.05) is 5.02 Å². The van der Waals surface area contributed by atoms with Crippen LogP contribution < -0.4 is 10.9 Å². The fraction of sp³-hybridized carbons (Fsp3) is 0.421. The van der Waals surface area contributed by atoms with E-state index in [-0.39, 0.29) is 18.7 Å². The highest BCUT2D eigenvalue weighted by molar-refractivity contribution is 7.98. The Morgan fingerprint density at radius 2 is 2.11 bits per heavy atom. The topological polar surface area (TPSA) is 73.2 Å². The van der Waals surface area contributed by atoms with Crippen LogP contribution in [0.1, 0.15) is 31.5 Å². The number of aryl methyl sites for hydroxylation is 1. The van der Waals surface area contributed by atoms with Crippen LogP contribution in [0.25, 0.3) is 0 Å². The molecular weight excluding hydrogens is 386 g/mol. The SMILES string of the molecule is CCOC(=O)Cn1c(SC)nc2c(c1=O)N[C@](C)(c1ccc(Cl)cc1)CC2. The maximum atomic E-state index is 13.1. The summed E-state index contributed by atoms with van der Waals surface area (Å²) in [4.78, 5) is 29.7. The summed E-state index contributed by atoms with van der Waals surface area (Å²) in [7, 11) is 0. The number of thioether (sulfide) groups is 1. The maximum absolute atomic E-state index is 13.1. The van der Waals surface area contributed by atoms with Crippen LogP contribution in [-0.2, 0) is 28.0 Å². The minimum absolute atomic E-state index is 0.150. The van der Waals surface area contributed by atoms with Crippen molar-refractivity contribution in [2.24, 2.45) is 0 Å². The first-order chi connectivity index (χ1) is 12.9. The third-order valence-corrected chi connectivity index (χ3v) is 5.66. The summed E-state index contributed by atoms with van der Waals surface area (Å²) in [5.41, 5.74) is 1.55. The van der Waals surface area contributed by atoms with E-state index in [9.17, 15) is 9.59 Å². The van der Waals surface area contributed by atoms with Crippen molar-refractivity contribution in [2.45, 2.75) is 43.9 Å². The van der Waals surface area contributed by atoms with Crippen LogP contribution >= 0.6 is 23.4 Å². The molecule has 1 aliphatic heterocycles. The normalized spacial score (nSPS) is 18.5. The van der Waals surface area contributed by atoms with Crippen molar-refractivity contribution >= 4 is 35.0 Å². The number of halogens is 1. The van der Waals surface area contributed by atoms with Crippen LogP contribution in [0.3, 0.4) is 0 Å². The Morgan fingerprint density at radius 1 is 1.41 bits per heavy atom. The molecule has 0 saturated heterocycles. The number of aromatic nitrogens is 2. The van der Waals surface area contributed by atoms with E-state index in [0.29, 0.717) is 22.3 Å². The molecule has 0 saturated carbocycles. The summed E-state index contributed by atoms with van der Waals surface area (Å²) in [6, 6.07) is 7.60. The number of benzene rings is 1. The van der Waals surface area contributed by atoms with E-state index in [1.807, 2.05) is 30.5 Å². The lowest BCUT2D eigenvalue weighted by molar-refractivity contribution is -0.144. The number of rotatable bonds is 5. The molecule has 27 heavy (non-hydrogen) atoms. The summed E-state index contributed by atoms with van der Waals surface area (Å²) in [5, 5.41) is 4.56. The first-order valence-electron chi connectivity index (χ1n) is 8.75. The van der Waals surface area contributed by atoms with Gasteiger partial charge in [0.05, 0.1) is 17.8 Å². The fourth-order valence-electron chi connectivity index (χ4n) is 3.26. The second-order valence-electron chi connectivity index (χ2n) is 6.58. The molecule has 1 aromatic carbocycles. The number of nitrogens with zero attached hydrogens (tertiary/aromatic N) is 2. The summed E-state index contributed by atoms with van der Waals surface area (Å²) in [6.45, 7) is 3.91. The van der Waals surface area contributed by atoms with E-state index in [0.717, 1.165) is 17.7 Å². The lowest BCUT2D eigenvalue weighted by Crippen LogP contribution is -2.41. The molecule has 1 aromatic heterocycles. The van der Waals surface area contributed by atoms with E-state index in [1.165, 1.54) is 16.3 Å². The summed E-state index contributed by atoms with van der Waals surface area (Å²) >= 11 is 7.34. The van der Waals surface area contributed by atoms with E-state index in [2.05, 4.69) is 17.2 Å². The van der Waals surface area contributed by atoms with Gasteiger partial charge in [-0.1, -0.05) is 35.5 Å². The minimum atomic E-state index is -0.451. The molecular formula is C19H22ClN3O3S. The number of hydrogen-bond donors (Lipinski definition) is 1. The monoisotopic (exact) mass is 407 g/mol. The molecule has 0 fully saturated rings. The van der Waals surface area contributed by atoms with Gasteiger partial charge < -0.3 is 10.1 Å². The molecule has 3 rings (SSSR count). The largest absolute Gasteiger partial charge is 0.465 e. The van der Waals surface area contributed by atoms with Crippen molar-refractivity contribution in [1.82, 2.24) is 9.55 Å². The van der Waals surface area contributed by atoms with Crippen LogP contribution in [0.4, 0.5) is 5.69 Å². The first kappa shape index (κ1) is 19.8. The van der Waals surface area contributed by atoms with E-state index in [4.69, 9.17) is 16.3 Å². The molecule has 0 unspecified atom stereocenters. The van der Waals surface area contributed by atoms with Gasteiger partial charge in [-0.3, -0.25) is 14.2 Å². The Hall–Kier alpha value is -1.99. The Bertz CT molecular complexity index is 914. The number of ether oxygens (including phenoxy) is 1. The van der Waals surface area contributed by atoms with Crippen LogP contribution in [0.5, 0.6) is 0 Å². The van der Waals surface area contributed by atoms with Gasteiger partial charge in [0.15, 0.2) is 5.16 Å². The van der Waals surface area contributed by atoms with E-state index < -0.39 is 11.5 Å². The molecule has 0 spiro atoms. The van der Waals surface area contributed by atoms with Gasteiger partial charge >= 0.3 is 5.97 Å². The van der Waals surface area contributed by atoms with E-state index in [1.54, 1.807) is 6.92 Å². The summed E-state index contributed by atoms with van der Waals surface area (Å²) in [5.74, 6) is -0.451. The van der Waals surface area contributed by atoms with Crippen molar-refractivity contribution in [2.75, 3.05) is 18.2 Å². The molecule has 1 N–H and O–H groups in total. The highest BCUT2D eigenvalue weighted by Gasteiger charge is 2.34. The maximum Gasteiger partial charge on any atom is 0.326 e. The highest BCUT2D eigenvalue weighted by Crippen LogP contribution is 2.36. The summed E-state index contributed by atoms with van der Waals surface area (Å²) < 4.78 is 6.37. The third-order valence-electron chi connectivity index (χ3n) is 4.73. The quantitative estimate of drug-likeness (QED) is 0.465. The number of nitrogens with one attached hydrogen (secondary N) is 1. The predicted molar refractivity (Wildman–Crippen MR) is 108 cm³/mol. The molecule has 0 aliphatic carbocycles. The second kappa shape index (κ2) is 7.94. The third kappa shape index (κ3) is 3.99. The number of hydrogen-bond acceptors (Lipinski definition) is 6. The van der Waals surface area contributed by atoms with Gasteiger partial charge in [-0.2, -0.15) is 0 Å². The average molecular weight is 408 g/mol. The zero-order valence-electron chi connectivity index (χ0n) is 15.5. The molecule has 1 aliphatic rings. The Labute approximate surface area is 167 Å². The van der Waals surface area contributed by atoms with Crippen molar-refractivity contribution in [1.29, 1.82) is 0 Å². The van der Waals surface area contributed by atoms with Gasteiger partial charge in [0.2, 0.25) is 0 Å². The number of esters is 1. The van der Waals surface area contributed by atoms with Crippen LogP contribution in [0.15, 0.2) is 34.2 Å². The molecule has 8 heteroatoms. The molecule has 0 amide bonds. The van der Waals surface area contributed by atoms with E-state index >= 15 is 0 Å². The standard InChI is InChI=1S/C19H22ClN3O3S/c1-4-26-15(24)11-23-17(25)16-14(21-18(23)27-3)9-10-19(2,22-16)12-5-7-13(20)8-6-12/h5-8,22H,4,9-11H2,1-3H3/t19-/m0/s1. The van der Waals surface area contributed by atoms with Gasteiger partial charge in [0.25, 0.3) is 5.56 Å². The molecule has 2 heterocycles. The molecule has 0 radical (unpaired) electrons. The molecule has 0 bridgehead atoms. The number of anilines is 1. The van der Waals surface area contributed by atoms with Crippen molar-refractivity contribution < 1.29 is 9.53 Å². The smallest absolute Gasteiger partial charge is 0.326 e. The molecule has 2 aromatic rings. The van der Waals surface area contributed by atoms with Gasteiger partial charge in [-0.15, -0.1) is 0 Å². The zero-order chi connectivity index (χ0) is 19.6. The van der Waals surface area contributed by atoms with Gasteiger partial charge in [-0.05, 0) is 50.6 Å². The predicted octanol–water partition coefficient (Wildman–Crippen LogP) is 3.46. The van der Waals surface area contributed by atoms with Gasteiger partial charge in [-0.25, -0.2) is 4.98 Å².